The summed E-state index contributed by atoms with van der Waals surface area (Å²) in [5, 5.41) is 0.588. The molecule has 0 fully saturated rings. The smallest absolute Gasteiger partial charge is 0.277 e. The molecule has 0 aliphatic carbocycles. The summed E-state index contributed by atoms with van der Waals surface area (Å²) < 4.78 is 35.0. The lowest BCUT2D eigenvalue weighted by Gasteiger charge is -2.11. The lowest BCUT2D eigenvalue weighted by atomic mass is 10.3. The number of hydrogen-bond acceptors (Lipinski definition) is 3. The first-order valence-electron chi connectivity index (χ1n) is 8.05. The monoisotopic (exact) mass is 421 g/mol. The highest BCUT2D eigenvalue weighted by atomic mass is 35.5. The van der Waals surface area contributed by atoms with Gasteiger partial charge in [-0.2, -0.15) is 4.98 Å². The summed E-state index contributed by atoms with van der Waals surface area (Å²) in [6.07, 6.45) is 1.52. The van der Waals surface area contributed by atoms with Crippen molar-refractivity contribution in [2.75, 3.05) is 0 Å². The number of aryl methyl sites for hydroxylation is 1. The Morgan fingerprint density at radius 3 is 2.46 bits per heavy atom. The molecule has 0 atom stereocenters. The summed E-state index contributed by atoms with van der Waals surface area (Å²) in [4.78, 5) is 17.1. The number of aromatic nitrogens is 3. The lowest BCUT2D eigenvalue weighted by Crippen LogP contribution is -2.19. The molecule has 0 aliphatic rings. The van der Waals surface area contributed by atoms with Crippen LogP contribution in [0.1, 0.15) is 5.56 Å². The molecule has 0 saturated heterocycles. The molecule has 28 heavy (non-hydrogen) atoms. The summed E-state index contributed by atoms with van der Waals surface area (Å²) in [5.41, 5.74) is 0.550. The van der Waals surface area contributed by atoms with Gasteiger partial charge in [-0.25, -0.2) is 18.0 Å². The average molecular weight is 422 g/mol. The van der Waals surface area contributed by atoms with E-state index in [1.54, 1.807) is 25.1 Å². The molecule has 0 N–H and O–H groups in total. The number of hydrogen-bond donors (Lipinski definition) is 0. The van der Waals surface area contributed by atoms with Crippen molar-refractivity contribution in [3.63, 3.8) is 0 Å². The van der Waals surface area contributed by atoms with Crippen LogP contribution in [0.3, 0.4) is 0 Å². The molecule has 5 nitrogen and oxygen atoms in total. The number of nitrogens with zero attached hydrogens (tertiary/aromatic N) is 3. The average Bonchev–Trinajstić information content (AvgIpc) is 2.89. The summed E-state index contributed by atoms with van der Waals surface area (Å²) in [7, 11) is 0. The van der Waals surface area contributed by atoms with Crippen molar-refractivity contribution in [1.29, 1.82) is 0 Å². The fourth-order valence-electron chi connectivity index (χ4n) is 2.80. The van der Waals surface area contributed by atoms with E-state index in [9.17, 15) is 13.6 Å². The first-order chi connectivity index (χ1) is 13.4. The Hall–Kier alpha value is -2.90. The molecule has 0 unspecified atom stereocenters. The maximum Gasteiger partial charge on any atom is 0.277 e. The quantitative estimate of drug-likeness (QED) is 0.458. The van der Waals surface area contributed by atoms with Crippen LogP contribution in [0.5, 0.6) is 11.6 Å². The van der Waals surface area contributed by atoms with Crippen molar-refractivity contribution >= 4 is 28.8 Å². The van der Waals surface area contributed by atoms with Gasteiger partial charge in [0, 0.05) is 18.3 Å². The van der Waals surface area contributed by atoms with Crippen LogP contribution in [-0.2, 0) is 0 Å². The fourth-order valence-corrected chi connectivity index (χ4v) is 3.35. The molecule has 2 aromatic heterocycles. The molecule has 9 heteroatoms. The van der Waals surface area contributed by atoms with Gasteiger partial charge in [-0.15, -0.1) is 0 Å². The minimum Gasteiger partial charge on any atom is -0.436 e. The third-order valence-corrected chi connectivity index (χ3v) is 4.72. The van der Waals surface area contributed by atoms with E-state index >= 15 is 0 Å². The molecule has 2 aromatic carbocycles. The van der Waals surface area contributed by atoms with Crippen LogP contribution in [0.4, 0.5) is 8.78 Å². The zero-order chi connectivity index (χ0) is 20.0. The lowest BCUT2D eigenvalue weighted by molar-refractivity contribution is 0.423. The molecule has 0 amide bonds. The Labute approximate surface area is 167 Å². The molecule has 2 heterocycles. The predicted molar refractivity (Wildman–Crippen MR) is 102 cm³/mol. The maximum atomic E-state index is 13.8. The third-order valence-electron chi connectivity index (χ3n) is 4.11. The Kier molecular flexibility index (Phi) is 4.56. The molecule has 4 aromatic rings. The van der Waals surface area contributed by atoms with Crippen LogP contribution >= 0.6 is 23.2 Å². The van der Waals surface area contributed by atoms with Gasteiger partial charge in [0.15, 0.2) is 17.2 Å². The normalized spacial score (nSPS) is 11.2. The Morgan fingerprint density at radius 2 is 1.79 bits per heavy atom. The zero-order valence-electron chi connectivity index (χ0n) is 14.3. The van der Waals surface area contributed by atoms with Gasteiger partial charge in [-0.3, -0.25) is 4.79 Å². The summed E-state index contributed by atoms with van der Waals surface area (Å²) in [6, 6.07) is 9.28. The van der Waals surface area contributed by atoms with Crippen molar-refractivity contribution < 1.29 is 13.5 Å². The van der Waals surface area contributed by atoms with Crippen LogP contribution in [0.25, 0.3) is 11.3 Å². The molecule has 0 radical (unpaired) electrons. The Bertz CT molecular complexity index is 1260. The maximum absolute atomic E-state index is 13.8. The van der Waals surface area contributed by atoms with Crippen LogP contribution < -0.4 is 10.3 Å². The van der Waals surface area contributed by atoms with E-state index in [1.807, 2.05) is 0 Å². The molecular formula is C19H11Cl2F2N3O2. The molecule has 0 saturated carbocycles. The van der Waals surface area contributed by atoms with E-state index in [1.165, 1.54) is 21.5 Å². The first-order valence-corrected chi connectivity index (χ1v) is 8.80. The van der Waals surface area contributed by atoms with Gasteiger partial charge in [0.1, 0.15) is 11.5 Å². The van der Waals surface area contributed by atoms with Crippen LogP contribution in [-0.4, -0.2) is 14.2 Å². The third kappa shape index (κ3) is 3.02. The van der Waals surface area contributed by atoms with E-state index in [0.717, 1.165) is 12.1 Å². The second-order valence-electron chi connectivity index (χ2n) is 5.92. The van der Waals surface area contributed by atoms with Crippen LogP contribution in [0.2, 0.25) is 10.0 Å². The zero-order valence-corrected chi connectivity index (χ0v) is 15.8. The van der Waals surface area contributed by atoms with Gasteiger partial charge >= 0.3 is 0 Å². The molecule has 4 rings (SSSR count). The van der Waals surface area contributed by atoms with Gasteiger partial charge in [0.05, 0.1) is 15.6 Å². The minimum absolute atomic E-state index is 0.0380. The van der Waals surface area contributed by atoms with Gasteiger partial charge in [0.2, 0.25) is 5.88 Å². The summed E-state index contributed by atoms with van der Waals surface area (Å²) in [5.74, 6) is -1.73. The van der Waals surface area contributed by atoms with Gasteiger partial charge in [-0.1, -0.05) is 29.3 Å². The van der Waals surface area contributed by atoms with Crippen LogP contribution in [0, 0.1) is 18.6 Å². The van der Waals surface area contributed by atoms with Crippen molar-refractivity contribution in [3.05, 3.63) is 86.3 Å². The van der Waals surface area contributed by atoms with Crippen molar-refractivity contribution in [2.24, 2.45) is 0 Å². The van der Waals surface area contributed by atoms with E-state index in [0.29, 0.717) is 27.4 Å². The highest BCUT2D eigenvalue weighted by molar-refractivity contribution is 6.37. The minimum atomic E-state index is -0.865. The summed E-state index contributed by atoms with van der Waals surface area (Å²) in [6.45, 7) is 1.59. The Morgan fingerprint density at radius 1 is 1.07 bits per heavy atom. The molecular weight excluding hydrogens is 411 g/mol. The molecule has 142 valence electrons. The van der Waals surface area contributed by atoms with Crippen molar-refractivity contribution in [1.82, 2.24) is 14.2 Å². The van der Waals surface area contributed by atoms with Gasteiger partial charge in [-0.05, 0) is 31.2 Å². The first kappa shape index (κ1) is 18.5. The fraction of sp³-hybridized carbons (Fsp3) is 0.0526. The number of halogens is 4. The molecule has 0 aliphatic heterocycles. The summed E-state index contributed by atoms with van der Waals surface area (Å²) >= 11 is 12.5. The van der Waals surface area contributed by atoms with Crippen molar-refractivity contribution in [3.8, 4) is 17.3 Å². The topological polar surface area (TPSA) is 48.5 Å². The van der Waals surface area contributed by atoms with Gasteiger partial charge in [0.25, 0.3) is 5.56 Å². The molecule has 0 spiro atoms. The van der Waals surface area contributed by atoms with Crippen molar-refractivity contribution in [2.45, 2.75) is 6.92 Å². The highest BCUT2D eigenvalue weighted by Crippen LogP contribution is 2.29. The largest absolute Gasteiger partial charge is 0.436 e. The molecule has 0 bridgehead atoms. The number of rotatable bonds is 3. The van der Waals surface area contributed by atoms with E-state index < -0.39 is 11.6 Å². The SMILES string of the molecule is Cc1c(=O)n(-c2c(Cl)cccc2Cl)n2ccc(Oc3ccc(F)cc3F)nc12. The predicted octanol–water partition coefficient (Wildman–Crippen LogP) is 5.17. The van der Waals surface area contributed by atoms with E-state index in [-0.39, 0.29) is 22.8 Å². The van der Waals surface area contributed by atoms with E-state index in [2.05, 4.69) is 4.98 Å². The number of ether oxygens (including phenoxy) is 1. The Balaban J connectivity index is 1.86. The highest BCUT2D eigenvalue weighted by Gasteiger charge is 2.19. The number of para-hydroxylation sites is 1. The number of fused-ring (bicyclic) bond motifs is 1. The standard InChI is InChI=1S/C19H11Cl2F2N3O2/c1-10-18-24-16(28-15-6-5-11(22)9-14(15)23)7-8-25(18)26(19(10)27)17-12(20)3-2-4-13(17)21/h2-9H,1H3. The van der Waals surface area contributed by atoms with Gasteiger partial charge < -0.3 is 4.74 Å². The van der Waals surface area contributed by atoms with E-state index in [4.69, 9.17) is 27.9 Å². The van der Waals surface area contributed by atoms with Crippen LogP contribution in [0.15, 0.2) is 53.5 Å². The second kappa shape index (κ2) is 6.92. The number of benzene rings is 2. The second-order valence-corrected chi connectivity index (χ2v) is 6.74.